The molecule has 6 nitrogen and oxygen atoms in total. The third-order valence-electron chi connectivity index (χ3n) is 3.50. The maximum Gasteiger partial charge on any atom is 0.262 e. The third kappa shape index (κ3) is 1.72. The Kier molecular flexibility index (Phi) is 2.85. The van der Waals surface area contributed by atoms with Crippen LogP contribution in [0.1, 0.15) is 33.6 Å². The molecule has 1 atom stereocenters. The summed E-state index contributed by atoms with van der Waals surface area (Å²) in [6, 6.07) is 6.05. The number of ether oxygens (including phenoxy) is 1. The molecule has 0 saturated heterocycles. The van der Waals surface area contributed by atoms with Crippen LogP contribution in [0.4, 0.5) is 0 Å². The molecular weight excluding hydrogens is 260 g/mol. The van der Waals surface area contributed by atoms with E-state index in [1.54, 1.807) is 24.3 Å². The first-order valence-corrected chi connectivity index (χ1v) is 6.26. The molecule has 3 amide bonds. The summed E-state index contributed by atoms with van der Waals surface area (Å²) in [7, 11) is 1.38. The van der Waals surface area contributed by atoms with Crippen LogP contribution in [0.3, 0.4) is 0 Å². The number of fused-ring (bicyclic) bond motifs is 1. The zero-order valence-electron chi connectivity index (χ0n) is 10.8. The largest absolute Gasteiger partial charge is 0.482 e. The molecule has 2 aliphatic rings. The van der Waals surface area contributed by atoms with E-state index >= 15 is 0 Å². The number of imide groups is 1. The standard InChI is InChI=1S/C14H12N2O4/c1-20-12-10(6-7-11(17)15-12)16-13(18)8-4-2-3-5-9(8)14(16)19/h2-5,10H,6-7H2,1H3. The Morgan fingerprint density at radius 3 is 2.30 bits per heavy atom. The van der Waals surface area contributed by atoms with Gasteiger partial charge in [-0.2, -0.15) is 4.99 Å². The molecule has 3 rings (SSSR count). The summed E-state index contributed by atoms with van der Waals surface area (Å²) in [6.45, 7) is 0. The number of aliphatic imine (C=N–C) groups is 1. The van der Waals surface area contributed by atoms with Gasteiger partial charge in [0.15, 0.2) is 0 Å². The van der Waals surface area contributed by atoms with Gasteiger partial charge in [0.1, 0.15) is 6.04 Å². The van der Waals surface area contributed by atoms with Crippen LogP contribution in [-0.2, 0) is 9.53 Å². The topological polar surface area (TPSA) is 76.0 Å². The monoisotopic (exact) mass is 272 g/mol. The van der Waals surface area contributed by atoms with E-state index in [9.17, 15) is 14.4 Å². The first-order valence-electron chi connectivity index (χ1n) is 6.26. The zero-order valence-corrected chi connectivity index (χ0v) is 10.8. The quantitative estimate of drug-likeness (QED) is 0.715. The Labute approximate surface area is 115 Å². The molecule has 0 radical (unpaired) electrons. The van der Waals surface area contributed by atoms with Crippen LogP contribution in [0, 0.1) is 0 Å². The van der Waals surface area contributed by atoms with Crippen molar-refractivity contribution in [2.24, 2.45) is 4.99 Å². The van der Waals surface area contributed by atoms with Crippen LogP contribution >= 0.6 is 0 Å². The van der Waals surface area contributed by atoms with Crippen LogP contribution in [0.15, 0.2) is 29.3 Å². The molecule has 1 aromatic carbocycles. The van der Waals surface area contributed by atoms with Crippen LogP contribution in [0.25, 0.3) is 0 Å². The lowest BCUT2D eigenvalue weighted by Gasteiger charge is -2.28. The number of amides is 3. The van der Waals surface area contributed by atoms with Gasteiger partial charge in [0.25, 0.3) is 11.8 Å². The van der Waals surface area contributed by atoms with Gasteiger partial charge >= 0.3 is 0 Å². The number of methoxy groups -OCH3 is 1. The van der Waals surface area contributed by atoms with E-state index in [-0.39, 0.29) is 30.0 Å². The molecule has 0 bridgehead atoms. The lowest BCUT2D eigenvalue weighted by molar-refractivity contribution is -0.118. The van der Waals surface area contributed by atoms with Crippen molar-refractivity contribution in [2.75, 3.05) is 7.11 Å². The average Bonchev–Trinajstić information content (AvgIpc) is 2.72. The number of carbonyl (C=O) groups excluding carboxylic acids is 3. The highest BCUT2D eigenvalue weighted by atomic mass is 16.5. The van der Waals surface area contributed by atoms with Crippen molar-refractivity contribution in [3.05, 3.63) is 35.4 Å². The summed E-state index contributed by atoms with van der Waals surface area (Å²) in [5.74, 6) is -0.908. The molecule has 1 aromatic rings. The second-order valence-corrected chi connectivity index (χ2v) is 4.63. The summed E-state index contributed by atoms with van der Waals surface area (Å²) in [5, 5.41) is 0. The van der Waals surface area contributed by atoms with Crippen LogP contribution in [0.2, 0.25) is 0 Å². The number of hydrogen-bond acceptors (Lipinski definition) is 4. The molecule has 0 saturated carbocycles. The Hall–Kier alpha value is -2.50. The predicted octanol–water partition coefficient (Wildman–Crippen LogP) is 1.02. The molecule has 2 aliphatic heterocycles. The highest BCUT2D eigenvalue weighted by molar-refractivity contribution is 6.23. The number of rotatable bonds is 1. The molecule has 6 heteroatoms. The van der Waals surface area contributed by atoms with Crippen LogP contribution in [0.5, 0.6) is 0 Å². The third-order valence-corrected chi connectivity index (χ3v) is 3.50. The molecule has 20 heavy (non-hydrogen) atoms. The Morgan fingerprint density at radius 2 is 1.75 bits per heavy atom. The minimum atomic E-state index is -0.606. The fraction of sp³-hybridized carbons (Fsp3) is 0.286. The van der Waals surface area contributed by atoms with E-state index < -0.39 is 6.04 Å². The van der Waals surface area contributed by atoms with Gasteiger partial charge in [-0.1, -0.05) is 12.1 Å². The molecular formula is C14H12N2O4. The van der Waals surface area contributed by atoms with Gasteiger partial charge in [-0.15, -0.1) is 0 Å². The molecule has 2 heterocycles. The zero-order chi connectivity index (χ0) is 14.3. The van der Waals surface area contributed by atoms with Gasteiger partial charge in [-0.3, -0.25) is 19.3 Å². The van der Waals surface area contributed by atoms with Gasteiger partial charge in [0, 0.05) is 6.42 Å². The Balaban J connectivity index is 2.01. The highest BCUT2D eigenvalue weighted by Crippen LogP contribution is 2.28. The summed E-state index contributed by atoms with van der Waals surface area (Å²) in [4.78, 5) is 40.9. The van der Waals surface area contributed by atoms with Crippen molar-refractivity contribution >= 4 is 23.6 Å². The number of benzene rings is 1. The summed E-state index contributed by atoms with van der Waals surface area (Å²) in [6.07, 6.45) is 0.544. The molecule has 0 aromatic heterocycles. The summed E-state index contributed by atoms with van der Waals surface area (Å²) < 4.78 is 5.07. The fourth-order valence-corrected chi connectivity index (χ4v) is 2.55. The first-order chi connectivity index (χ1) is 9.63. The maximum absolute atomic E-state index is 12.4. The van der Waals surface area contributed by atoms with E-state index in [2.05, 4.69) is 4.99 Å². The van der Waals surface area contributed by atoms with E-state index in [0.29, 0.717) is 17.5 Å². The van der Waals surface area contributed by atoms with Crippen molar-refractivity contribution in [1.29, 1.82) is 0 Å². The van der Waals surface area contributed by atoms with Crippen molar-refractivity contribution in [3.63, 3.8) is 0 Å². The second-order valence-electron chi connectivity index (χ2n) is 4.63. The second kappa shape index (κ2) is 4.56. The SMILES string of the molecule is COC1=NC(=O)CCC1N1C(=O)c2ccccc2C1=O. The van der Waals surface area contributed by atoms with Crippen LogP contribution in [-0.4, -0.2) is 41.7 Å². The number of nitrogens with zero attached hydrogens (tertiary/aromatic N) is 2. The smallest absolute Gasteiger partial charge is 0.262 e. The summed E-state index contributed by atoms with van der Waals surface area (Å²) in [5.41, 5.74) is 0.759. The number of carbonyl (C=O) groups is 3. The lowest BCUT2D eigenvalue weighted by Crippen LogP contribution is -2.47. The van der Waals surface area contributed by atoms with Crippen molar-refractivity contribution < 1.29 is 19.1 Å². The molecule has 0 fully saturated rings. The summed E-state index contributed by atoms with van der Waals surface area (Å²) >= 11 is 0. The van der Waals surface area contributed by atoms with E-state index in [1.807, 2.05) is 0 Å². The molecule has 102 valence electrons. The van der Waals surface area contributed by atoms with Crippen molar-refractivity contribution in [3.8, 4) is 0 Å². The Morgan fingerprint density at radius 1 is 1.15 bits per heavy atom. The van der Waals surface area contributed by atoms with Gasteiger partial charge in [-0.25, -0.2) is 0 Å². The van der Waals surface area contributed by atoms with Crippen molar-refractivity contribution in [1.82, 2.24) is 4.90 Å². The normalized spacial score (nSPS) is 21.9. The first kappa shape index (κ1) is 12.5. The van der Waals surface area contributed by atoms with E-state index in [0.717, 1.165) is 4.90 Å². The van der Waals surface area contributed by atoms with Crippen LogP contribution < -0.4 is 0 Å². The Bertz CT molecular complexity index is 615. The van der Waals surface area contributed by atoms with Gasteiger partial charge in [0.2, 0.25) is 11.8 Å². The predicted molar refractivity (Wildman–Crippen MR) is 69.4 cm³/mol. The minimum Gasteiger partial charge on any atom is -0.482 e. The fourth-order valence-electron chi connectivity index (χ4n) is 2.55. The molecule has 0 spiro atoms. The minimum absolute atomic E-state index is 0.121. The van der Waals surface area contributed by atoms with Gasteiger partial charge < -0.3 is 4.74 Å². The van der Waals surface area contributed by atoms with Gasteiger partial charge in [-0.05, 0) is 18.6 Å². The lowest BCUT2D eigenvalue weighted by atomic mass is 10.1. The molecule has 0 aliphatic carbocycles. The van der Waals surface area contributed by atoms with Crippen molar-refractivity contribution in [2.45, 2.75) is 18.9 Å². The van der Waals surface area contributed by atoms with Gasteiger partial charge in [0.05, 0.1) is 18.2 Å². The number of hydrogen-bond donors (Lipinski definition) is 0. The highest BCUT2D eigenvalue weighted by Gasteiger charge is 2.43. The average molecular weight is 272 g/mol. The van der Waals surface area contributed by atoms with E-state index in [1.165, 1.54) is 7.11 Å². The molecule has 1 unspecified atom stereocenters. The molecule has 0 N–H and O–H groups in total. The maximum atomic E-state index is 12.4. The van der Waals surface area contributed by atoms with E-state index in [4.69, 9.17) is 4.74 Å².